The number of carbonyl (C=O) groups excluding carboxylic acids is 1. The Kier molecular flexibility index (Phi) is 10.7. The predicted molar refractivity (Wildman–Crippen MR) is 146 cm³/mol. The van der Waals surface area contributed by atoms with E-state index in [-0.39, 0.29) is 22.5 Å². The smallest absolute Gasteiger partial charge is 0.490 e. The fraction of sp³-hybridized carbons (Fsp3) is 0.500. The molecular weight excluding hydrogens is 570 g/mol. The molecule has 1 aliphatic carbocycles. The maximum Gasteiger partial charge on any atom is 0.490 e. The third-order valence-electron chi connectivity index (χ3n) is 7.59. The number of anilines is 1. The van der Waals surface area contributed by atoms with Crippen LogP contribution in [0.4, 0.5) is 28.0 Å². The summed E-state index contributed by atoms with van der Waals surface area (Å²) in [5, 5.41) is 13.0. The molecule has 0 spiro atoms. The fourth-order valence-corrected chi connectivity index (χ4v) is 5.92. The molecule has 1 heterocycles. The monoisotopic (exact) mass is 603 g/mol. The molecule has 3 atom stereocenters. The van der Waals surface area contributed by atoms with Crippen molar-refractivity contribution >= 4 is 29.3 Å². The minimum absolute atomic E-state index is 0.0173. The van der Waals surface area contributed by atoms with Gasteiger partial charge in [-0.15, -0.1) is 0 Å². The number of urea groups is 1. The number of benzene rings is 2. The Morgan fingerprint density at radius 2 is 1.80 bits per heavy atom. The van der Waals surface area contributed by atoms with Crippen molar-refractivity contribution in [1.82, 2.24) is 10.2 Å². The van der Waals surface area contributed by atoms with E-state index in [1.165, 1.54) is 23.8 Å². The number of aliphatic carboxylic acids is 1. The molecule has 8 nitrogen and oxygen atoms in total. The summed E-state index contributed by atoms with van der Waals surface area (Å²) in [5.41, 5.74) is 1.76. The van der Waals surface area contributed by atoms with Gasteiger partial charge in [-0.3, -0.25) is 4.90 Å². The molecule has 0 bridgehead atoms. The molecule has 2 fully saturated rings. The molecule has 1 saturated carbocycles. The number of nitrogens with zero attached hydrogens (tertiary/aromatic N) is 1. The van der Waals surface area contributed by atoms with Gasteiger partial charge in [-0.05, 0) is 81.1 Å². The highest BCUT2D eigenvalue weighted by molar-refractivity contribution is 6.31. The highest BCUT2D eigenvalue weighted by atomic mass is 35.5. The molecule has 41 heavy (non-hydrogen) atoms. The highest BCUT2D eigenvalue weighted by Gasteiger charge is 2.51. The number of hydrogen-bond donors (Lipinski definition) is 3. The van der Waals surface area contributed by atoms with Crippen LogP contribution in [0.1, 0.15) is 44.6 Å². The number of likely N-dealkylation sites (tertiary alicyclic amines) is 1. The van der Waals surface area contributed by atoms with Crippen LogP contribution in [0.3, 0.4) is 0 Å². The summed E-state index contributed by atoms with van der Waals surface area (Å²) in [6.45, 7) is 4.28. The first-order valence-corrected chi connectivity index (χ1v) is 13.5. The van der Waals surface area contributed by atoms with E-state index in [9.17, 15) is 22.4 Å². The van der Waals surface area contributed by atoms with Crippen molar-refractivity contribution in [2.45, 2.75) is 62.7 Å². The first kappa shape index (κ1) is 32.3. The maximum absolute atomic E-state index is 13.4. The van der Waals surface area contributed by atoms with Crippen molar-refractivity contribution in [3.8, 4) is 11.5 Å². The zero-order valence-electron chi connectivity index (χ0n) is 23.0. The second kappa shape index (κ2) is 13.6. The Morgan fingerprint density at radius 1 is 1.12 bits per heavy atom. The number of rotatable bonds is 7. The zero-order valence-corrected chi connectivity index (χ0v) is 23.7. The van der Waals surface area contributed by atoms with Gasteiger partial charge in [-0.25, -0.2) is 14.0 Å². The molecule has 3 unspecified atom stereocenters. The fourth-order valence-electron chi connectivity index (χ4n) is 5.74. The molecule has 2 amide bonds. The summed E-state index contributed by atoms with van der Waals surface area (Å²) in [7, 11) is 3.32. The number of carboxylic acids is 1. The number of halogens is 5. The van der Waals surface area contributed by atoms with Gasteiger partial charge in [0.05, 0.1) is 19.2 Å². The molecule has 1 aliphatic heterocycles. The maximum atomic E-state index is 13.4. The molecule has 0 aromatic heterocycles. The summed E-state index contributed by atoms with van der Waals surface area (Å²) in [5.74, 6) is -1.79. The van der Waals surface area contributed by atoms with Crippen LogP contribution in [-0.4, -0.2) is 67.6 Å². The Labute approximate surface area is 240 Å². The Bertz CT molecular complexity index is 1230. The molecule has 2 aromatic rings. The lowest BCUT2D eigenvalue weighted by atomic mass is 9.65. The van der Waals surface area contributed by atoms with E-state index < -0.39 is 18.0 Å². The summed E-state index contributed by atoms with van der Waals surface area (Å²) < 4.78 is 56.2. The summed E-state index contributed by atoms with van der Waals surface area (Å²) in [6, 6.07) is 10.5. The number of ether oxygens (including phenoxy) is 2. The van der Waals surface area contributed by atoms with Gasteiger partial charge in [0.15, 0.2) is 11.5 Å². The van der Waals surface area contributed by atoms with Crippen molar-refractivity contribution in [2.75, 3.05) is 32.6 Å². The molecule has 2 aliphatic rings. The van der Waals surface area contributed by atoms with Crippen LogP contribution in [0, 0.1) is 5.82 Å². The predicted octanol–water partition coefficient (Wildman–Crippen LogP) is 6.23. The lowest BCUT2D eigenvalue weighted by Crippen LogP contribution is -2.53. The second-order valence-corrected chi connectivity index (χ2v) is 10.4. The van der Waals surface area contributed by atoms with E-state index in [0.717, 1.165) is 56.7 Å². The number of carboxylic acid groups (broad SMARTS) is 1. The average Bonchev–Trinajstić information content (AvgIpc) is 3.29. The standard InChI is InChI=1S/C26H33ClFN3O3.C2HF3O2/c1-4-12-31-13-11-26(17-5-8-22(33-2)23(14-17)34-3)10-9-19(16-24(26)31)30-25(32)29-18-6-7-21(28)20(27)15-18;3-2(4,5)1(6)7/h5-8,14-15,19,24H,4,9-13,16H2,1-3H3,(H2,29,30,32);(H,6,7). The van der Waals surface area contributed by atoms with Crippen LogP contribution in [0.25, 0.3) is 0 Å². The van der Waals surface area contributed by atoms with Gasteiger partial charge in [-0.2, -0.15) is 13.2 Å². The molecule has 0 radical (unpaired) electrons. The third kappa shape index (κ3) is 7.73. The zero-order chi connectivity index (χ0) is 30.4. The normalized spacial score (nSPS) is 22.1. The number of alkyl halides is 3. The van der Waals surface area contributed by atoms with Crippen LogP contribution in [0.5, 0.6) is 11.5 Å². The molecule has 1 saturated heterocycles. The second-order valence-electron chi connectivity index (χ2n) is 10.0. The van der Waals surface area contributed by atoms with Gasteiger partial charge in [0.2, 0.25) is 0 Å². The number of carbonyl (C=O) groups is 2. The first-order chi connectivity index (χ1) is 19.3. The van der Waals surface area contributed by atoms with Crippen LogP contribution in [-0.2, 0) is 10.2 Å². The summed E-state index contributed by atoms with van der Waals surface area (Å²) in [6.07, 6.45) is -0.197. The van der Waals surface area contributed by atoms with Crippen LogP contribution in [0.2, 0.25) is 5.02 Å². The van der Waals surface area contributed by atoms with E-state index >= 15 is 0 Å². The molecular formula is C28H34ClF4N3O5. The lowest BCUT2D eigenvalue weighted by Gasteiger charge is -2.45. The average molecular weight is 604 g/mol. The number of hydrogen-bond acceptors (Lipinski definition) is 5. The summed E-state index contributed by atoms with van der Waals surface area (Å²) >= 11 is 5.84. The molecule has 226 valence electrons. The molecule has 13 heteroatoms. The van der Waals surface area contributed by atoms with Crippen molar-refractivity contribution in [2.24, 2.45) is 0 Å². The Morgan fingerprint density at radius 3 is 2.39 bits per heavy atom. The molecule has 4 rings (SSSR count). The van der Waals surface area contributed by atoms with Gasteiger partial charge in [0.1, 0.15) is 5.82 Å². The van der Waals surface area contributed by atoms with Crippen LogP contribution < -0.4 is 20.1 Å². The quantitative estimate of drug-likeness (QED) is 0.325. The van der Waals surface area contributed by atoms with Crippen molar-refractivity contribution in [3.63, 3.8) is 0 Å². The SMILES string of the molecule is CCCN1CCC2(c3ccc(OC)c(OC)c3)CCC(NC(=O)Nc3ccc(F)c(Cl)c3)CC12.O=C(O)C(F)(F)F. The van der Waals surface area contributed by atoms with Crippen molar-refractivity contribution < 1.29 is 41.7 Å². The van der Waals surface area contributed by atoms with Gasteiger partial charge in [0, 0.05) is 23.2 Å². The van der Waals surface area contributed by atoms with E-state index in [0.29, 0.717) is 11.7 Å². The van der Waals surface area contributed by atoms with E-state index in [1.807, 2.05) is 6.07 Å². The van der Waals surface area contributed by atoms with E-state index in [1.54, 1.807) is 14.2 Å². The Hall–Kier alpha value is -3.25. The van der Waals surface area contributed by atoms with Crippen molar-refractivity contribution in [3.05, 3.63) is 52.8 Å². The van der Waals surface area contributed by atoms with Gasteiger partial charge >= 0.3 is 18.2 Å². The largest absolute Gasteiger partial charge is 0.493 e. The van der Waals surface area contributed by atoms with E-state index in [4.69, 9.17) is 31.0 Å². The third-order valence-corrected chi connectivity index (χ3v) is 7.88. The van der Waals surface area contributed by atoms with Gasteiger partial charge < -0.3 is 25.2 Å². The van der Waals surface area contributed by atoms with Crippen LogP contribution in [0.15, 0.2) is 36.4 Å². The van der Waals surface area contributed by atoms with E-state index in [2.05, 4.69) is 34.6 Å². The van der Waals surface area contributed by atoms with Crippen LogP contribution >= 0.6 is 11.6 Å². The molecule has 3 N–H and O–H groups in total. The minimum atomic E-state index is -5.08. The number of nitrogens with one attached hydrogen (secondary N) is 2. The van der Waals surface area contributed by atoms with Gasteiger partial charge in [-0.1, -0.05) is 24.6 Å². The first-order valence-electron chi connectivity index (χ1n) is 13.1. The van der Waals surface area contributed by atoms with Gasteiger partial charge in [0.25, 0.3) is 0 Å². The summed E-state index contributed by atoms with van der Waals surface area (Å²) in [4.78, 5) is 24.1. The topological polar surface area (TPSA) is 100 Å². The van der Waals surface area contributed by atoms with Crippen molar-refractivity contribution in [1.29, 1.82) is 0 Å². The lowest BCUT2D eigenvalue weighted by molar-refractivity contribution is -0.192. The number of methoxy groups -OCH3 is 2. The Balaban J connectivity index is 0.000000587. The molecule has 2 aromatic carbocycles. The number of amides is 2. The minimum Gasteiger partial charge on any atom is -0.493 e. The number of fused-ring (bicyclic) bond motifs is 1. The highest BCUT2D eigenvalue weighted by Crippen LogP contribution is 2.50.